The van der Waals surface area contributed by atoms with Gasteiger partial charge in [-0.2, -0.15) is 5.10 Å². The third-order valence-corrected chi connectivity index (χ3v) is 5.19. The van der Waals surface area contributed by atoms with Crippen LogP contribution in [0.15, 0.2) is 15.5 Å². The van der Waals surface area contributed by atoms with Crippen LogP contribution < -0.4 is 10.9 Å². The molecule has 0 radical (unpaired) electrons. The minimum absolute atomic E-state index is 0.124. The van der Waals surface area contributed by atoms with Gasteiger partial charge in [-0.3, -0.25) is 9.00 Å². The fraction of sp³-hybridized carbons (Fsp3) is 0.636. The van der Waals surface area contributed by atoms with Gasteiger partial charge < -0.3 is 10.4 Å². The number of halogens is 1. The van der Waals surface area contributed by atoms with Gasteiger partial charge in [0.1, 0.15) is 4.47 Å². The maximum atomic E-state index is 11.9. The molecule has 0 atom stereocenters. The zero-order valence-electron chi connectivity index (χ0n) is 10.3. The normalized spacial score (nSPS) is 23.3. The Hall–Kier alpha value is -0.730. The van der Waals surface area contributed by atoms with Gasteiger partial charge in [0.25, 0.3) is 5.56 Å². The smallest absolute Gasteiger partial charge is 0.283 e. The molecule has 0 aliphatic carbocycles. The van der Waals surface area contributed by atoms with Gasteiger partial charge in [-0.1, -0.05) is 0 Å². The van der Waals surface area contributed by atoms with Gasteiger partial charge in [-0.15, -0.1) is 0 Å². The molecule has 1 aliphatic rings. The molecule has 8 heteroatoms. The Morgan fingerprint density at radius 2 is 2.21 bits per heavy atom. The number of aliphatic hydroxyl groups is 1. The number of aromatic nitrogens is 2. The van der Waals surface area contributed by atoms with Crippen molar-refractivity contribution in [3.63, 3.8) is 0 Å². The van der Waals surface area contributed by atoms with Crippen molar-refractivity contribution in [2.45, 2.75) is 25.4 Å². The molecule has 1 fully saturated rings. The first kappa shape index (κ1) is 14.7. The van der Waals surface area contributed by atoms with E-state index in [1.54, 1.807) is 6.20 Å². The van der Waals surface area contributed by atoms with E-state index < -0.39 is 10.8 Å². The first-order valence-corrected chi connectivity index (χ1v) is 8.38. The molecule has 2 heterocycles. The van der Waals surface area contributed by atoms with Crippen LogP contribution in [0.4, 0.5) is 5.69 Å². The molecule has 1 aromatic heterocycles. The Morgan fingerprint density at radius 3 is 2.84 bits per heavy atom. The summed E-state index contributed by atoms with van der Waals surface area (Å²) in [5.74, 6) is 1.40. The molecular weight excluding hydrogens is 334 g/mol. The van der Waals surface area contributed by atoms with Crippen molar-refractivity contribution in [2.24, 2.45) is 0 Å². The Bertz CT molecular complexity index is 524. The molecule has 0 saturated carbocycles. The van der Waals surface area contributed by atoms with Crippen LogP contribution in [-0.2, 0) is 17.3 Å². The van der Waals surface area contributed by atoms with E-state index in [-0.39, 0.29) is 24.8 Å². The topological polar surface area (TPSA) is 84.2 Å². The van der Waals surface area contributed by atoms with E-state index in [1.165, 1.54) is 4.68 Å². The first-order chi connectivity index (χ1) is 9.11. The van der Waals surface area contributed by atoms with E-state index in [0.29, 0.717) is 21.7 Å². The lowest BCUT2D eigenvalue weighted by Gasteiger charge is -2.23. The Balaban J connectivity index is 2.11. The SMILES string of the molecule is O=c1c(Br)c(NC2CCS(=O)CC2)cnn1CCO. The molecule has 6 nitrogen and oxygen atoms in total. The second-order valence-corrected chi connectivity index (χ2v) is 6.88. The number of nitrogens with zero attached hydrogens (tertiary/aromatic N) is 2. The highest BCUT2D eigenvalue weighted by Crippen LogP contribution is 2.20. The van der Waals surface area contributed by atoms with Gasteiger partial charge in [0, 0.05) is 28.3 Å². The highest BCUT2D eigenvalue weighted by molar-refractivity contribution is 9.10. The summed E-state index contributed by atoms with van der Waals surface area (Å²) in [5.41, 5.74) is 0.385. The van der Waals surface area contributed by atoms with Crippen molar-refractivity contribution in [1.29, 1.82) is 0 Å². The van der Waals surface area contributed by atoms with Crippen LogP contribution in [0.25, 0.3) is 0 Å². The summed E-state index contributed by atoms with van der Waals surface area (Å²) in [6, 6.07) is 0.226. The Kier molecular flexibility index (Phi) is 5.12. The second-order valence-electron chi connectivity index (χ2n) is 4.39. The highest BCUT2D eigenvalue weighted by Gasteiger charge is 2.19. The molecule has 2 rings (SSSR count). The number of rotatable bonds is 4. The van der Waals surface area contributed by atoms with Crippen molar-refractivity contribution in [1.82, 2.24) is 9.78 Å². The number of hydrogen-bond donors (Lipinski definition) is 2. The molecule has 19 heavy (non-hydrogen) atoms. The summed E-state index contributed by atoms with van der Waals surface area (Å²) in [4.78, 5) is 11.9. The maximum absolute atomic E-state index is 11.9. The molecule has 1 saturated heterocycles. The van der Waals surface area contributed by atoms with Crippen molar-refractivity contribution >= 4 is 32.4 Å². The fourth-order valence-corrected chi connectivity index (χ4v) is 3.70. The third-order valence-electron chi connectivity index (χ3n) is 3.04. The van der Waals surface area contributed by atoms with Crippen LogP contribution in [0, 0.1) is 0 Å². The van der Waals surface area contributed by atoms with E-state index in [1.807, 2.05) is 0 Å². The highest BCUT2D eigenvalue weighted by atomic mass is 79.9. The first-order valence-electron chi connectivity index (χ1n) is 6.10. The monoisotopic (exact) mass is 349 g/mol. The van der Waals surface area contributed by atoms with Crippen LogP contribution in [0.3, 0.4) is 0 Å². The van der Waals surface area contributed by atoms with Crippen molar-refractivity contribution in [3.05, 3.63) is 21.0 Å². The lowest BCUT2D eigenvalue weighted by atomic mass is 10.1. The van der Waals surface area contributed by atoms with Crippen LogP contribution in [-0.4, -0.2) is 43.3 Å². The van der Waals surface area contributed by atoms with E-state index in [2.05, 4.69) is 26.3 Å². The minimum atomic E-state index is -0.696. The molecule has 1 aromatic rings. The maximum Gasteiger partial charge on any atom is 0.283 e. The van der Waals surface area contributed by atoms with Gasteiger partial charge in [-0.05, 0) is 28.8 Å². The number of hydrogen-bond acceptors (Lipinski definition) is 5. The molecule has 1 aliphatic heterocycles. The molecule has 2 N–H and O–H groups in total. The predicted octanol–water partition coefficient (Wildman–Crippen LogP) is 0.321. The van der Waals surface area contributed by atoms with E-state index in [9.17, 15) is 9.00 Å². The van der Waals surface area contributed by atoms with Crippen LogP contribution in [0.5, 0.6) is 0 Å². The summed E-state index contributed by atoms with van der Waals surface area (Å²) in [5, 5.41) is 16.1. The van der Waals surface area contributed by atoms with Gasteiger partial charge in [-0.25, -0.2) is 4.68 Å². The van der Waals surface area contributed by atoms with Gasteiger partial charge in [0.2, 0.25) is 0 Å². The van der Waals surface area contributed by atoms with Crippen molar-refractivity contribution in [3.8, 4) is 0 Å². The molecule has 0 unspecified atom stereocenters. The summed E-state index contributed by atoms with van der Waals surface area (Å²) in [6.45, 7) is 0.0562. The zero-order valence-corrected chi connectivity index (χ0v) is 12.7. The lowest BCUT2D eigenvalue weighted by molar-refractivity contribution is 0.266. The standard InChI is InChI=1S/C11H16BrN3O3S/c12-10-9(7-13-15(3-4-16)11(10)17)14-8-1-5-19(18)6-2-8/h7-8,14,16H,1-6H2. The molecule has 0 spiro atoms. The predicted molar refractivity (Wildman–Crippen MR) is 77.8 cm³/mol. The molecule has 106 valence electrons. The van der Waals surface area contributed by atoms with Crippen molar-refractivity contribution in [2.75, 3.05) is 23.4 Å². The van der Waals surface area contributed by atoms with E-state index in [0.717, 1.165) is 12.8 Å². The fourth-order valence-electron chi connectivity index (χ4n) is 1.98. The third kappa shape index (κ3) is 3.64. The summed E-state index contributed by atoms with van der Waals surface area (Å²) in [7, 11) is -0.696. The lowest BCUT2D eigenvalue weighted by Crippen LogP contribution is -2.31. The van der Waals surface area contributed by atoms with Gasteiger partial charge in [0.15, 0.2) is 0 Å². The molecule has 0 bridgehead atoms. The zero-order chi connectivity index (χ0) is 13.8. The summed E-state index contributed by atoms with van der Waals surface area (Å²) >= 11 is 3.26. The Labute approximate surface area is 121 Å². The van der Waals surface area contributed by atoms with Crippen LogP contribution >= 0.6 is 15.9 Å². The number of anilines is 1. The van der Waals surface area contributed by atoms with E-state index >= 15 is 0 Å². The summed E-state index contributed by atoms with van der Waals surface area (Å²) in [6.07, 6.45) is 3.24. The van der Waals surface area contributed by atoms with Gasteiger partial charge >= 0.3 is 0 Å². The quantitative estimate of drug-likeness (QED) is 0.817. The average Bonchev–Trinajstić information content (AvgIpc) is 2.41. The number of nitrogens with one attached hydrogen (secondary N) is 1. The molecule has 0 aromatic carbocycles. The second kappa shape index (κ2) is 6.62. The average molecular weight is 350 g/mol. The molecule has 0 amide bonds. The Morgan fingerprint density at radius 1 is 1.53 bits per heavy atom. The van der Waals surface area contributed by atoms with Crippen LogP contribution in [0.2, 0.25) is 0 Å². The van der Waals surface area contributed by atoms with Crippen LogP contribution in [0.1, 0.15) is 12.8 Å². The van der Waals surface area contributed by atoms with E-state index in [4.69, 9.17) is 5.11 Å². The molecular formula is C11H16BrN3O3S. The summed E-state index contributed by atoms with van der Waals surface area (Å²) < 4.78 is 12.9. The minimum Gasteiger partial charge on any atom is -0.394 e. The van der Waals surface area contributed by atoms with Gasteiger partial charge in [0.05, 0.1) is 25.0 Å². The number of aliphatic hydroxyl groups excluding tert-OH is 1. The van der Waals surface area contributed by atoms with Crippen molar-refractivity contribution < 1.29 is 9.32 Å². The largest absolute Gasteiger partial charge is 0.394 e.